The van der Waals surface area contributed by atoms with Gasteiger partial charge in [0.2, 0.25) is 11.9 Å². The van der Waals surface area contributed by atoms with Crippen molar-refractivity contribution in [2.24, 2.45) is 0 Å². The van der Waals surface area contributed by atoms with E-state index in [0.29, 0.717) is 107 Å². The molecule has 15 heteroatoms. The van der Waals surface area contributed by atoms with E-state index in [1.54, 1.807) is 42.8 Å². The number of nitrogens with zero attached hydrogens (tertiary/aromatic N) is 6. The van der Waals surface area contributed by atoms with Crippen LogP contribution < -0.4 is 16.2 Å². The molecule has 1 aliphatic heterocycles. The van der Waals surface area contributed by atoms with Gasteiger partial charge in [0.15, 0.2) is 11.5 Å². The minimum Gasteiger partial charge on any atom is -0.384 e. The van der Waals surface area contributed by atoms with Gasteiger partial charge in [-0.1, -0.05) is 26.0 Å². The molecule has 1 amide bonds. The molecular formula is C37H58N8O7. The molecule has 3 aromatic heterocycles. The fourth-order valence-corrected chi connectivity index (χ4v) is 5.95. The highest BCUT2D eigenvalue weighted by Crippen LogP contribution is 2.22. The first kappa shape index (κ1) is 41.0. The highest BCUT2D eigenvalue weighted by atomic mass is 16.6. The van der Waals surface area contributed by atoms with Crippen LogP contribution in [-0.4, -0.2) is 125 Å². The van der Waals surface area contributed by atoms with Crippen LogP contribution in [0.15, 0.2) is 41.8 Å². The van der Waals surface area contributed by atoms with Crippen molar-refractivity contribution in [3.05, 3.63) is 53.1 Å². The Balaban J connectivity index is 1.13. The number of aliphatic hydroxyl groups is 1. The van der Waals surface area contributed by atoms with Crippen LogP contribution in [-0.2, 0) is 35.9 Å². The molecule has 0 aliphatic carbocycles. The Bertz CT molecular complexity index is 1590. The third kappa shape index (κ3) is 12.2. The molecule has 15 nitrogen and oxygen atoms in total. The molecule has 0 radical (unpaired) electrons. The second kappa shape index (κ2) is 21.1. The van der Waals surface area contributed by atoms with Gasteiger partial charge >= 0.3 is 0 Å². The van der Waals surface area contributed by atoms with Crippen LogP contribution in [0.4, 0.5) is 5.95 Å². The van der Waals surface area contributed by atoms with Gasteiger partial charge < -0.3 is 39.6 Å². The molecule has 3 aromatic rings. The first-order chi connectivity index (χ1) is 25.2. The SMILES string of the molecule is C=CCn1c(=O)c2cnc(NC3CCN(C(=O)CCOCCOCCOCCOCCNC(CC)CC)CC3)nc2n1-c1cccc(C(C)(C)O)n1. The number of hydrogen-bond donors (Lipinski definition) is 3. The first-order valence-corrected chi connectivity index (χ1v) is 18.5. The molecule has 4 rings (SSSR count). The van der Waals surface area contributed by atoms with Crippen LogP contribution >= 0.6 is 0 Å². The number of piperidine rings is 1. The van der Waals surface area contributed by atoms with Crippen LogP contribution in [0.3, 0.4) is 0 Å². The van der Waals surface area contributed by atoms with Crippen LogP contribution in [0, 0.1) is 0 Å². The van der Waals surface area contributed by atoms with E-state index in [1.165, 1.54) is 10.9 Å². The number of rotatable bonds is 24. The smallest absolute Gasteiger partial charge is 0.278 e. The number of hydrogen-bond acceptors (Lipinski definition) is 12. The number of fused-ring (bicyclic) bond motifs is 1. The Morgan fingerprint density at radius 1 is 1.00 bits per heavy atom. The van der Waals surface area contributed by atoms with Gasteiger partial charge in [0.05, 0.1) is 71.5 Å². The summed E-state index contributed by atoms with van der Waals surface area (Å²) < 4.78 is 25.4. The van der Waals surface area contributed by atoms with E-state index in [2.05, 4.69) is 41.0 Å². The average molecular weight is 727 g/mol. The molecule has 1 saturated heterocycles. The van der Waals surface area contributed by atoms with Gasteiger partial charge in [-0.25, -0.2) is 19.3 Å². The van der Waals surface area contributed by atoms with Crippen molar-refractivity contribution in [2.45, 2.75) is 84.0 Å². The summed E-state index contributed by atoms with van der Waals surface area (Å²) in [6.45, 7) is 17.8. The van der Waals surface area contributed by atoms with Crippen molar-refractivity contribution >= 4 is 22.9 Å². The highest BCUT2D eigenvalue weighted by Gasteiger charge is 2.25. The molecule has 1 aliphatic rings. The third-order valence-electron chi connectivity index (χ3n) is 8.98. The first-order valence-electron chi connectivity index (χ1n) is 18.5. The molecular weight excluding hydrogens is 668 g/mol. The number of aromatic nitrogens is 5. The fraction of sp³-hybridized carbons (Fsp3) is 0.649. The lowest BCUT2D eigenvalue weighted by molar-refractivity contribution is -0.133. The average Bonchev–Trinajstić information content (AvgIpc) is 3.41. The topological polar surface area (TPSA) is 167 Å². The Hall–Kier alpha value is -3.73. The lowest BCUT2D eigenvalue weighted by atomic mass is 10.0. The Morgan fingerprint density at radius 3 is 2.25 bits per heavy atom. The summed E-state index contributed by atoms with van der Waals surface area (Å²) in [5, 5.41) is 17.7. The number of allylic oxidation sites excluding steroid dienone is 1. The summed E-state index contributed by atoms with van der Waals surface area (Å²) in [6, 6.07) is 5.90. The third-order valence-corrected chi connectivity index (χ3v) is 8.98. The van der Waals surface area contributed by atoms with E-state index in [0.717, 1.165) is 32.2 Å². The van der Waals surface area contributed by atoms with Crippen molar-refractivity contribution in [3.8, 4) is 5.82 Å². The maximum atomic E-state index is 13.3. The summed E-state index contributed by atoms with van der Waals surface area (Å²) in [6.07, 6.45) is 7.18. The molecule has 0 aromatic carbocycles. The van der Waals surface area contributed by atoms with E-state index < -0.39 is 5.60 Å². The van der Waals surface area contributed by atoms with Gasteiger partial charge in [-0.2, -0.15) is 4.98 Å². The summed E-state index contributed by atoms with van der Waals surface area (Å²) >= 11 is 0. The largest absolute Gasteiger partial charge is 0.384 e. The summed E-state index contributed by atoms with van der Waals surface area (Å²) in [7, 11) is 0. The molecule has 3 N–H and O–H groups in total. The number of carbonyl (C=O) groups is 1. The minimum absolute atomic E-state index is 0.0556. The number of ether oxygens (including phenoxy) is 4. The minimum atomic E-state index is -1.17. The quantitative estimate of drug-likeness (QED) is 0.0914. The van der Waals surface area contributed by atoms with Crippen molar-refractivity contribution in [1.29, 1.82) is 0 Å². The van der Waals surface area contributed by atoms with Gasteiger partial charge in [-0.3, -0.25) is 9.59 Å². The van der Waals surface area contributed by atoms with Gasteiger partial charge in [0.25, 0.3) is 5.56 Å². The van der Waals surface area contributed by atoms with E-state index in [4.69, 9.17) is 23.9 Å². The maximum Gasteiger partial charge on any atom is 0.278 e. The van der Waals surface area contributed by atoms with Gasteiger partial charge in [0, 0.05) is 37.9 Å². The molecule has 0 spiro atoms. The summed E-state index contributed by atoms with van der Waals surface area (Å²) in [4.78, 5) is 41.8. The van der Waals surface area contributed by atoms with Crippen LogP contribution in [0.5, 0.6) is 0 Å². The number of likely N-dealkylation sites (tertiary alicyclic amines) is 1. The predicted octanol–water partition coefficient (Wildman–Crippen LogP) is 3.03. The van der Waals surface area contributed by atoms with E-state index in [9.17, 15) is 14.7 Å². The fourth-order valence-electron chi connectivity index (χ4n) is 5.95. The number of pyridine rings is 1. The van der Waals surface area contributed by atoms with Gasteiger partial charge in [-0.05, 0) is 51.7 Å². The zero-order valence-corrected chi connectivity index (χ0v) is 31.3. The number of carbonyl (C=O) groups excluding carboxylic acids is 1. The van der Waals surface area contributed by atoms with Gasteiger partial charge in [0.1, 0.15) is 11.0 Å². The van der Waals surface area contributed by atoms with E-state index >= 15 is 0 Å². The molecule has 288 valence electrons. The molecule has 0 bridgehead atoms. The van der Waals surface area contributed by atoms with Gasteiger partial charge in [-0.15, -0.1) is 6.58 Å². The lowest BCUT2D eigenvalue weighted by Crippen LogP contribution is -2.42. The molecule has 0 saturated carbocycles. The normalized spacial score (nSPS) is 14.1. The summed E-state index contributed by atoms with van der Waals surface area (Å²) in [5.41, 5.74) is -0.574. The maximum absolute atomic E-state index is 13.3. The molecule has 4 heterocycles. The van der Waals surface area contributed by atoms with E-state index in [-0.39, 0.29) is 24.1 Å². The molecule has 52 heavy (non-hydrogen) atoms. The number of nitrogens with one attached hydrogen (secondary N) is 2. The van der Waals surface area contributed by atoms with Crippen molar-refractivity contribution in [2.75, 3.05) is 77.8 Å². The van der Waals surface area contributed by atoms with Crippen LogP contribution in [0.2, 0.25) is 0 Å². The molecule has 0 atom stereocenters. The lowest BCUT2D eigenvalue weighted by Gasteiger charge is -2.32. The number of amides is 1. The zero-order valence-electron chi connectivity index (χ0n) is 31.3. The predicted molar refractivity (Wildman–Crippen MR) is 200 cm³/mol. The Kier molecular flexibility index (Phi) is 16.6. The van der Waals surface area contributed by atoms with Crippen molar-refractivity contribution in [1.82, 2.24) is 34.5 Å². The monoisotopic (exact) mass is 726 g/mol. The Labute approximate surface area is 306 Å². The highest BCUT2D eigenvalue weighted by molar-refractivity contribution is 5.77. The Morgan fingerprint density at radius 2 is 1.63 bits per heavy atom. The van der Waals surface area contributed by atoms with E-state index in [1.807, 2.05) is 4.90 Å². The summed E-state index contributed by atoms with van der Waals surface area (Å²) in [5.74, 6) is 0.889. The van der Waals surface area contributed by atoms with Crippen LogP contribution in [0.1, 0.15) is 65.5 Å². The zero-order chi connectivity index (χ0) is 37.3. The van der Waals surface area contributed by atoms with Crippen molar-refractivity contribution in [3.63, 3.8) is 0 Å². The van der Waals surface area contributed by atoms with Crippen molar-refractivity contribution < 1.29 is 28.8 Å². The van der Waals surface area contributed by atoms with Crippen LogP contribution in [0.25, 0.3) is 16.9 Å². The number of anilines is 1. The molecule has 1 fully saturated rings. The molecule has 0 unspecified atom stereocenters. The second-order valence-corrected chi connectivity index (χ2v) is 13.3. The standard InChI is InChI=1S/C37H58N8O7/c1-6-16-44-35(47)30-27-39-36(42-34(30)45(44)32-11-9-10-31(41-32)37(4,5)48)40-29-12-17-43(18-13-29)33(46)14-19-49-21-23-51-25-26-52-24-22-50-20-15-38-28(7-2)8-3/h6,9-11,27-29,38,48H,1,7-8,12-26H2,2-5H3,(H,39,40,42). The second-order valence-electron chi connectivity index (χ2n) is 13.3.